The highest BCUT2D eigenvalue weighted by molar-refractivity contribution is 6.01. The van der Waals surface area contributed by atoms with Gasteiger partial charge in [0.25, 0.3) is 0 Å². The summed E-state index contributed by atoms with van der Waals surface area (Å²) in [5.74, 6) is 0.722. The molecule has 0 aromatic carbocycles. The highest BCUT2D eigenvalue weighted by Crippen LogP contribution is 2.59. The zero-order valence-corrected chi connectivity index (χ0v) is 20.8. The molecule has 0 radical (unpaired) electrons. The van der Waals surface area contributed by atoms with Crippen LogP contribution >= 0.6 is 0 Å². The lowest BCUT2D eigenvalue weighted by molar-refractivity contribution is -0.138. The maximum absolute atomic E-state index is 13.8. The average Bonchev–Trinajstić information content (AvgIpc) is 3.06. The fraction of sp³-hybridized carbons (Fsp3) is 0.889. The van der Waals surface area contributed by atoms with Gasteiger partial charge in [-0.25, -0.2) is 0 Å². The molecular weight excluding hydrogens is 404 g/mol. The van der Waals surface area contributed by atoms with Gasteiger partial charge in [-0.1, -0.05) is 34.6 Å². The van der Waals surface area contributed by atoms with Crippen molar-refractivity contribution < 1.29 is 25.2 Å². The van der Waals surface area contributed by atoms with Gasteiger partial charge in [0.05, 0.1) is 18.3 Å². The van der Waals surface area contributed by atoms with Crippen LogP contribution in [0.3, 0.4) is 0 Å². The van der Waals surface area contributed by atoms with Gasteiger partial charge in [-0.2, -0.15) is 0 Å². The second-order valence-electron chi connectivity index (χ2n) is 12.0. The Balaban J connectivity index is 1.88. The van der Waals surface area contributed by atoms with Crippen molar-refractivity contribution in [2.24, 2.45) is 40.4 Å². The highest BCUT2D eigenvalue weighted by atomic mass is 16.3. The Morgan fingerprint density at radius 1 is 1.09 bits per heavy atom. The lowest BCUT2D eigenvalue weighted by Crippen LogP contribution is -2.52. The van der Waals surface area contributed by atoms with E-state index in [1.165, 1.54) is 0 Å². The van der Waals surface area contributed by atoms with Crippen molar-refractivity contribution in [1.29, 1.82) is 0 Å². The summed E-state index contributed by atoms with van der Waals surface area (Å²) in [5.41, 5.74) is -0.204. The normalized spacial score (nSPS) is 42.0. The van der Waals surface area contributed by atoms with E-state index in [1.54, 1.807) is 6.08 Å². The lowest BCUT2D eigenvalue weighted by Gasteiger charge is -2.49. The van der Waals surface area contributed by atoms with Crippen molar-refractivity contribution >= 4 is 5.78 Å². The molecule has 0 aromatic rings. The molecule has 3 aliphatic carbocycles. The number of fused-ring (bicyclic) bond motifs is 1. The number of Topliss-reactive ketones (excluding diaryl/α,β-unsaturated/α-hetero) is 1. The summed E-state index contributed by atoms with van der Waals surface area (Å²) in [6.07, 6.45) is 5.98. The van der Waals surface area contributed by atoms with Gasteiger partial charge >= 0.3 is 0 Å². The van der Waals surface area contributed by atoms with Crippen LogP contribution in [0.25, 0.3) is 0 Å². The number of aliphatic hydroxyl groups excluding tert-OH is 4. The van der Waals surface area contributed by atoms with E-state index in [0.29, 0.717) is 31.6 Å². The standard InChI is InChI=1S/C27H46O5/c1-16(2)6-9-23(30)17(3)20-7-8-21(26(20,4)12-13-28)19-15-24(31)22-14-18(29)10-11-27(22,5)25(19)32/h15-18,20-24,28-31H,6-14H2,1-5H3. The summed E-state index contributed by atoms with van der Waals surface area (Å²) in [6.45, 7) is 10.7. The van der Waals surface area contributed by atoms with Gasteiger partial charge in [-0.3, -0.25) is 4.79 Å². The largest absolute Gasteiger partial charge is 0.396 e. The quantitative estimate of drug-likeness (QED) is 0.450. The molecule has 2 saturated carbocycles. The number of ketones is 1. The number of carbonyl (C=O) groups is 1. The van der Waals surface area contributed by atoms with Crippen LogP contribution in [0.15, 0.2) is 11.6 Å². The first-order valence-corrected chi connectivity index (χ1v) is 12.9. The molecule has 0 aliphatic heterocycles. The number of aliphatic hydroxyl groups is 4. The molecule has 0 saturated heterocycles. The fourth-order valence-corrected chi connectivity index (χ4v) is 7.38. The molecule has 5 heteroatoms. The van der Waals surface area contributed by atoms with E-state index in [-0.39, 0.29) is 47.6 Å². The van der Waals surface area contributed by atoms with Crippen LogP contribution in [0.5, 0.6) is 0 Å². The predicted molar refractivity (Wildman–Crippen MR) is 126 cm³/mol. The van der Waals surface area contributed by atoms with Crippen LogP contribution in [-0.2, 0) is 4.79 Å². The van der Waals surface area contributed by atoms with Crippen molar-refractivity contribution in [3.05, 3.63) is 11.6 Å². The number of rotatable bonds is 8. The molecule has 0 bridgehead atoms. The van der Waals surface area contributed by atoms with Crippen LogP contribution in [0, 0.1) is 40.4 Å². The van der Waals surface area contributed by atoms with E-state index in [0.717, 1.165) is 31.3 Å². The summed E-state index contributed by atoms with van der Waals surface area (Å²) < 4.78 is 0. The lowest BCUT2D eigenvalue weighted by atomic mass is 9.55. The second kappa shape index (κ2) is 9.85. The molecule has 3 aliphatic rings. The third-order valence-corrected chi connectivity index (χ3v) is 9.60. The Morgan fingerprint density at radius 2 is 1.78 bits per heavy atom. The molecule has 0 amide bonds. The first-order chi connectivity index (χ1) is 15.0. The summed E-state index contributed by atoms with van der Waals surface area (Å²) in [5, 5.41) is 42.0. The minimum absolute atomic E-state index is 0.0221. The zero-order valence-electron chi connectivity index (χ0n) is 20.8. The molecule has 2 fully saturated rings. The molecule has 9 unspecified atom stereocenters. The van der Waals surface area contributed by atoms with E-state index < -0.39 is 17.6 Å². The first-order valence-electron chi connectivity index (χ1n) is 12.9. The van der Waals surface area contributed by atoms with E-state index in [9.17, 15) is 25.2 Å². The Labute approximate surface area is 194 Å². The minimum Gasteiger partial charge on any atom is -0.396 e. The fourth-order valence-electron chi connectivity index (χ4n) is 7.38. The van der Waals surface area contributed by atoms with E-state index in [4.69, 9.17) is 0 Å². The minimum atomic E-state index is -0.728. The molecular formula is C27H46O5. The van der Waals surface area contributed by atoms with Crippen molar-refractivity contribution in [1.82, 2.24) is 0 Å². The Kier molecular flexibility index (Phi) is 7.96. The van der Waals surface area contributed by atoms with Crippen LogP contribution in [0.1, 0.15) is 86.0 Å². The summed E-state index contributed by atoms with van der Waals surface area (Å²) >= 11 is 0. The zero-order chi connectivity index (χ0) is 23.8. The molecule has 9 atom stereocenters. The van der Waals surface area contributed by atoms with Crippen LogP contribution in [0.2, 0.25) is 0 Å². The van der Waals surface area contributed by atoms with Gasteiger partial charge in [0.1, 0.15) is 0 Å². The first kappa shape index (κ1) is 25.9. The monoisotopic (exact) mass is 450 g/mol. The van der Waals surface area contributed by atoms with Gasteiger partial charge in [-0.15, -0.1) is 0 Å². The summed E-state index contributed by atoms with van der Waals surface area (Å²) in [7, 11) is 0. The van der Waals surface area contributed by atoms with E-state index in [1.807, 2.05) is 6.92 Å². The molecule has 0 aromatic heterocycles. The van der Waals surface area contributed by atoms with Crippen molar-refractivity contribution in [3.8, 4) is 0 Å². The number of hydrogen-bond acceptors (Lipinski definition) is 5. The van der Waals surface area contributed by atoms with Gasteiger partial charge < -0.3 is 20.4 Å². The maximum atomic E-state index is 13.8. The smallest absolute Gasteiger partial charge is 0.165 e. The van der Waals surface area contributed by atoms with Crippen molar-refractivity contribution in [3.63, 3.8) is 0 Å². The third kappa shape index (κ3) is 4.60. The third-order valence-electron chi connectivity index (χ3n) is 9.60. The molecule has 0 heterocycles. The van der Waals surface area contributed by atoms with Crippen LogP contribution in [-0.4, -0.2) is 51.1 Å². The van der Waals surface area contributed by atoms with Gasteiger partial charge in [0, 0.05) is 17.9 Å². The summed E-state index contributed by atoms with van der Waals surface area (Å²) in [4.78, 5) is 13.8. The predicted octanol–water partition coefficient (Wildman–Crippen LogP) is 3.87. The van der Waals surface area contributed by atoms with Gasteiger partial charge in [0.15, 0.2) is 5.78 Å². The molecule has 5 nitrogen and oxygen atoms in total. The topological polar surface area (TPSA) is 98.0 Å². The molecule has 3 rings (SSSR count). The van der Waals surface area contributed by atoms with E-state index >= 15 is 0 Å². The summed E-state index contributed by atoms with van der Waals surface area (Å²) in [6, 6.07) is 0. The van der Waals surface area contributed by atoms with Crippen LogP contribution in [0.4, 0.5) is 0 Å². The highest BCUT2D eigenvalue weighted by Gasteiger charge is 2.57. The molecule has 0 spiro atoms. The van der Waals surface area contributed by atoms with Crippen molar-refractivity contribution in [2.45, 2.75) is 104 Å². The second-order valence-corrected chi connectivity index (χ2v) is 12.0. The maximum Gasteiger partial charge on any atom is 0.165 e. The Hall–Kier alpha value is -0.750. The van der Waals surface area contributed by atoms with Crippen LogP contribution < -0.4 is 0 Å². The van der Waals surface area contributed by atoms with Crippen molar-refractivity contribution in [2.75, 3.05) is 6.61 Å². The number of allylic oxidation sites excluding steroid dienone is 1. The van der Waals surface area contributed by atoms with Gasteiger partial charge in [0.2, 0.25) is 0 Å². The molecule has 184 valence electrons. The van der Waals surface area contributed by atoms with Gasteiger partial charge in [-0.05, 0) is 92.1 Å². The Morgan fingerprint density at radius 3 is 2.41 bits per heavy atom. The molecule has 32 heavy (non-hydrogen) atoms. The SMILES string of the molecule is CC(C)CCC(O)C(C)C1CCC(C2=CC(O)C3CC(O)CCC3(C)C2=O)C1(C)CCO. The van der Waals surface area contributed by atoms with E-state index in [2.05, 4.69) is 27.7 Å². The number of carbonyl (C=O) groups excluding carboxylic acids is 1. The Bertz CT molecular complexity index is 702. The molecule has 4 N–H and O–H groups in total. The average molecular weight is 451 g/mol. The number of hydrogen-bond donors (Lipinski definition) is 4.